The summed E-state index contributed by atoms with van der Waals surface area (Å²) in [5.74, 6) is -0.657. The fraction of sp³-hybridized carbons (Fsp3) is 0.143. The zero-order chi connectivity index (χ0) is 17.0. The molecule has 0 radical (unpaired) electrons. The molecule has 2 rings (SSSR count). The van der Waals surface area contributed by atoms with Crippen LogP contribution < -0.4 is 14.8 Å². The second kappa shape index (κ2) is 7.43. The smallest absolute Gasteiger partial charge is 0.387 e. The van der Waals surface area contributed by atoms with Crippen LogP contribution in [-0.4, -0.2) is 24.6 Å². The lowest BCUT2D eigenvalue weighted by molar-refractivity contribution is -0.0499. The van der Waals surface area contributed by atoms with Crippen molar-refractivity contribution in [1.82, 2.24) is 4.98 Å². The fourth-order valence-electron chi connectivity index (χ4n) is 1.75. The predicted molar refractivity (Wildman–Crippen MR) is 81.8 cm³/mol. The molecule has 1 amide bonds. The maximum absolute atomic E-state index is 12.3. The number of methoxy groups -OCH3 is 1. The highest BCUT2D eigenvalue weighted by Gasteiger charge is 2.17. The first-order valence-electron chi connectivity index (χ1n) is 6.15. The van der Waals surface area contributed by atoms with Crippen molar-refractivity contribution in [3.63, 3.8) is 0 Å². The highest BCUT2D eigenvalue weighted by atomic mass is 35.5. The van der Waals surface area contributed by atoms with Crippen LogP contribution in [-0.2, 0) is 0 Å². The van der Waals surface area contributed by atoms with Crippen LogP contribution in [0.5, 0.6) is 11.5 Å². The highest BCUT2D eigenvalue weighted by molar-refractivity contribution is 6.39. The second-order valence-electron chi connectivity index (χ2n) is 4.17. The molecule has 0 bridgehead atoms. The highest BCUT2D eigenvalue weighted by Crippen LogP contribution is 2.31. The number of aromatic nitrogens is 1. The lowest BCUT2D eigenvalue weighted by atomic mass is 10.1. The number of nitrogens with zero attached hydrogens (tertiary/aromatic N) is 1. The number of anilines is 1. The van der Waals surface area contributed by atoms with Gasteiger partial charge in [-0.3, -0.25) is 9.78 Å². The Morgan fingerprint density at radius 1 is 1.26 bits per heavy atom. The molecule has 122 valence electrons. The van der Waals surface area contributed by atoms with E-state index in [1.54, 1.807) is 0 Å². The molecule has 0 aliphatic rings. The number of ether oxygens (including phenoxy) is 2. The standard InChI is InChI=1S/C14H10Cl2F2N2O3/c1-22-11-4-7(23-14(17)18)2-3-8(11)13(21)20-12-9(15)5-19-6-10(12)16/h2-6,14H,1H3,(H,19,20,21). The summed E-state index contributed by atoms with van der Waals surface area (Å²) in [5, 5.41) is 2.83. The molecule has 0 fully saturated rings. The summed E-state index contributed by atoms with van der Waals surface area (Å²) < 4.78 is 33.7. The van der Waals surface area contributed by atoms with Gasteiger partial charge in [-0.25, -0.2) is 0 Å². The molecule has 0 saturated carbocycles. The Morgan fingerprint density at radius 2 is 1.91 bits per heavy atom. The first-order valence-corrected chi connectivity index (χ1v) is 6.91. The Labute approximate surface area is 140 Å². The van der Waals surface area contributed by atoms with Gasteiger partial charge in [0.2, 0.25) is 0 Å². The van der Waals surface area contributed by atoms with Crippen molar-refractivity contribution in [2.75, 3.05) is 12.4 Å². The van der Waals surface area contributed by atoms with E-state index in [1.165, 1.54) is 37.7 Å². The van der Waals surface area contributed by atoms with Crippen LogP contribution in [0.25, 0.3) is 0 Å². The molecule has 1 heterocycles. The predicted octanol–water partition coefficient (Wildman–Crippen LogP) is 4.25. The molecule has 0 saturated heterocycles. The van der Waals surface area contributed by atoms with Gasteiger partial charge in [0.15, 0.2) is 0 Å². The third-order valence-corrected chi connectivity index (χ3v) is 3.31. The molecule has 9 heteroatoms. The summed E-state index contributed by atoms with van der Waals surface area (Å²) in [7, 11) is 1.30. The van der Waals surface area contributed by atoms with Crippen molar-refractivity contribution in [3.8, 4) is 11.5 Å². The number of carbonyl (C=O) groups is 1. The van der Waals surface area contributed by atoms with Gasteiger partial charge >= 0.3 is 6.61 Å². The SMILES string of the molecule is COc1cc(OC(F)F)ccc1C(=O)Nc1c(Cl)cncc1Cl. The summed E-state index contributed by atoms with van der Waals surface area (Å²) in [5.41, 5.74) is 0.279. The Balaban J connectivity index is 2.28. The van der Waals surface area contributed by atoms with Crippen molar-refractivity contribution >= 4 is 34.8 Å². The van der Waals surface area contributed by atoms with E-state index in [9.17, 15) is 13.6 Å². The molecule has 1 N–H and O–H groups in total. The van der Waals surface area contributed by atoms with E-state index in [2.05, 4.69) is 15.0 Å². The minimum atomic E-state index is -2.98. The van der Waals surface area contributed by atoms with E-state index < -0.39 is 12.5 Å². The van der Waals surface area contributed by atoms with Gasteiger partial charge < -0.3 is 14.8 Å². The van der Waals surface area contributed by atoms with Crippen molar-refractivity contribution in [2.24, 2.45) is 0 Å². The maximum atomic E-state index is 12.3. The van der Waals surface area contributed by atoms with E-state index in [0.717, 1.165) is 0 Å². The van der Waals surface area contributed by atoms with Crippen molar-refractivity contribution in [3.05, 3.63) is 46.2 Å². The van der Waals surface area contributed by atoms with Crippen LogP contribution in [0, 0.1) is 0 Å². The molecule has 0 aliphatic carbocycles. The second-order valence-corrected chi connectivity index (χ2v) is 4.99. The molecule has 0 aliphatic heterocycles. The molecular formula is C14H10Cl2F2N2O3. The number of pyridine rings is 1. The summed E-state index contributed by atoms with van der Waals surface area (Å²) in [4.78, 5) is 16.1. The lowest BCUT2D eigenvalue weighted by Gasteiger charge is -2.13. The molecule has 2 aromatic rings. The monoisotopic (exact) mass is 362 g/mol. The Morgan fingerprint density at radius 3 is 2.48 bits per heavy atom. The van der Waals surface area contributed by atoms with Crippen LogP contribution in [0.15, 0.2) is 30.6 Å². The Hall–Kier alpha value is -2.12. The molecule has 1 aromatic carbocycles. The maximum Gasteiger partial charge on any atom is 0.387 e. The zero-order valence-electron chi connectivity index (χ0n) is 11.6. The molecule has 0 spiro atoms. The summed E-state index contributed by atoms with van der Waals surface area (Å²) in [6, 6.07) is 3.69. The van der Waals surface area contributed by atoms with Gasteiger partial charge in [-0.15, -0.1) is 0 Å². The number of amides is 1. The van der Waals surface area contributed by atoms with Crippen molar-refractivity contribution < 1.29 is 23.0 Å². The van der Waals surface area contributed by atoms with Crippen LogP contribution in [0.4, 0.5) is 14.5 Å². The number of hydrogen-bond acceptors (Lipinski definition) is 4. The average molecular weight is 363 g/mol. The first kappa shape index (κ1) is 17.2. The van der Waals surface area contributed by atoms with E-state index in [1.807, 2.05) is 0 Å². The number of hydrogen-bond donors (Lipinski definition) is 1. The third-order valence-electron chi connectivity index (χ3n) is 2.73. The van der Waals surface area contributed by atoms with E-state index in [-0.39, 0.29) is 32.8 Å². The van der Waals surface area contributed by atoms with Crippen LogP contribution >= 0.6 is 23.2 Å². The first-order chi connectivity index (χ1) is 10.9. The normalized spacial score (nSPS) is 10.5. The number of rotatable bonds is 5. The molecule has 5 nitrogen and oxygen atoms in total. The van der Waals surface area contributed by atoms with Gasteiger partial charge in [0.05, 0.1) is 28.4 Å². The lowest BCUT2D eigenvalue weighted by Crippen LogP contribution is -2.14. The number of benzene rings is 1. The van der Waals surface area contributed by atoms with E-state index in [4.69, 9.17) is 27.9 Å². The average Bonchev–Trinajstić information content (AvgIpc) is 2.50. The minimum absolute atomic E-state index is 0.0574. The van der Waals surface area contributed by atoms with E-state index in [0.29, 0.717) is 0 Å². The molecule has 1 aromatic heterocycles. The minimum Gasteiger partial charge on any atom is -0.496 e. The van der Waals surface area contributed by atoms with Crippen LogP contribution in [0.1, 0.15) is 10.4 Å². The third kappa shape index (κ3) is 4.20. The largest absolute Gasteiger partial charge is 0.496 e. The van der Waals surface area contributed by atoms with Gasteiger partial charge in [0.1, 0.15) is 11.5 Å². The Bertz CT molecular complexity index is 709. The number of halogens is 4. The van der Waals surface area contributed by atoms with Gasteiger partial charge in [0, 0.05) is 18.5 Å². The van der Waals surface area contributed by atoms with Gasteiger partial charge in [-0.1, -0.05) is 23.2 Å². The summed E-state index contributed by atoms with van der Waals surface area (Å²) in [6.07, 6.45) is 2.64. The molecule has 0 atom stereocenters. The van der Waals surface area contributed by atoms with Gasteiger partial charge in [-0.05, 0) is 12.1 Å². The van der Waals surface area contributed by atoms with Crippen LogP contribution in [0.2, 0.25) is 10.0 Å². The fourth-order valence-corrected chi connectivity index (χ4v) is 2.21. The number of carbonyl (C=O) groups excluding carboxylic acids is 1. The van der Waals surface area contributed by atoms with Crippen molar-refractivity contribution in [1.29, 1.82) is 0 Å². The van der Waals surface area contributed by atoms with Crippen LogP contribution in [0.3, 0.4) is 0 Å². The zero-order valence-corrected chi connectivity index (χ0v) is 13.2. The van der Waals surface area contributed by atoms with Gasteiger partial charge in [-0.2, -0.15) is 8.78 Å². The van der Waals surface area contributed by atoms with Crippen molar-refractivity contribution in [2.45, 2.75) is 6.61 Å². The van der Waals surface area contributed by atoms with Gasteiger partial charge in [0.25, 0.3) is 5.91 Å². The molecular weight excluding hydrogens is 353 g/mol. The molecule has 0 unspecified atom stereocenters. The van der Waals surface area contributed by atoms with E-state index >= 15 is 0 Å². The quantitative estimate of drug-likeness (QED) is 0.863. The number of alkyl halides is 2. The molecule has 23 heavy (non-hydrogen) atoms. The summed E-state index contributed by atoms with van der Waals surface area (Å²) in [6.45, 7) is -2.98. The topological polar surface area (TPSA) is 60.5 Å². The Kier molecular flexibility index (Phi) is 5.57. The number of nitrogens with one attached hydrogen (secondary N) is 1. The summed E-state index contributed by atoms with van der Waals surface area (Å²) >= 11 is 11.8.